The van der Waals surface area contributed by atoms with Crippen molar-refractivity contribution in [3.63, 3.8) is 0 Å². The van der Waals surface area contributed by atoms with Gasteiger partial charge >= 0.3 is 0 Å². The Morgan fingerprint density at radius 1 is 1.17 bits per heavy atom. The average molecular weight is 348 g/mol. The Morgan fingerprint density at radius 3 is 2.67 bits per heavy atom. The fourth-order valence-electron chi connectivity index (χ4n) is 1.90. The molecule has 0 spiro atoms. The van der Waals surface area contributed by atoms with Crippen molar-refractivity contribution in [2.24, 2.45) is 7.05 Å². The number of sulfonamides is 1. The molecule has 3 heterocycles. The number of hydrogen-bond acceptors (Lipinski definition) is 7. The van der Waals surface area contributed by atoms with Crippen LogP contribution in [0.1, 0.15) is 6.92 Å². The van der Waals surface area contributed by atoms with Crippen LogP contribution in [0.5, 0.6) is 0 Å². The minimum atomic E-state index is -3.35. The van der Waals surface area contributed by atoms with Crippen LogP contribution in [0.3, 0.4) is 0 Å². The van der Waals surface area contributed by atoms with E-state index < -0.39 is 10.0 Å². The van der Waals surface area contributed by atoms with Crippen LogP contribution in [-0.2, 0) is 17.1 Å². The van der Waals surface area contributed by atoms with Gasteiger partial charge in [0.1, 0.15) is 0 Å². The third kappa shape index (κ3) is 3.68. The smallest absolute Gasteiger partial charge is 0.232 e. The Balaban J connectivity index is 1.80. The van der Waals surface area contributed by atoms with Gasteiger partial charge in [0, 0.05) is 25.5 Å². The molecule has 0 saturated carbocycles. The van der Waals surface area contributed by atoms with Gasteiger partial charge in [0.25, 0.3) is 0 Å². The molecule has 0 radical (unpaired) electrons. The van der Waals surface area contributed by atoms with Gasteiger partial charge in [0.15, 0.2) is 5.82 Å². The van der Waals surface area contributed by atoms with Crippen molar-refractivity contribution in [1.82, 2.24) is 29.5 Å². The van der Waals surface area contributed by atoms with Crippen molar-refractivity contribution < 1.29 is 8.42 Å². The number of nitrogens with one attached hydrogen (secondary N) is 2. The fourth-order valence-corrected chi connectivity index (χ4v) is 2.51. The molecule has 0 atom stereocenters. The summed E-state index contributed by atoms with van der Waals surface area (Å²) in [6.45, 7) is 1.56. The highest BCUT2D eigenvalue weighted by atomic mass is 32.2. The molecule has 10 nitrogen and oxygen atoms in total. The van der Waals surface area contributed by atoms with Gasteiger partial charge in [-0.25, -0.2) is 18.1 Å². The van der Waals surface area contributed by atoms with Crippen molar-refractivity contribution in [3.05, 3.63) is 37.1 Å². The Labute approximate surface area is 138 Å². The standard InChI is InChI=1S/C13H16N8O2S/c1-3-24(22,23)19-11-7-16-21(9-11)12-4-5-14-13(18-12)17-10-6-15-20(2)8-10/h4-9,19H,3H2,1-2H3,(H,14,17,18). The summed E-state index contributed by atoms with van der Waals surface area (Å²) in [4.78, 5) is 8.48. The van der Waals surface area contributed by atoms with Crippen LogP contribution in [0.15, 0.2) is 37.1 Å². The lowest BCUT2D eigenvalue weighted by Crippen LogP contribution is -2.14. The summed E-state index contributed by atoms with van der Waals surface area (Å²) >= 11 is 0. The maximum absolute atomic E-state index is 11.6. The lowest BCUT2D eigenvalue weighted by atomic mass is 10.5. The zero-order valence-electron chi connectivity index (χ0n) is 13.1. The van der Waals surface area contributed by atoms with E-state index in [1.54, 1.807) is 42.5 Å². The molecule has 3 rings (SSSR count). The van der Waals surface area contributed by atoms with Crippen LogP contribution in [-0.4, -0.2) is 43.7 Å². The average Bonchev–Trinajstić information content (AvgIpc) is 3.16. The van der Waals surface area contributed by atoms with Crippen LogP contribution in [0.4, 0.5) is 17.3 Å². The fraction of sp³-hybridized carbons (Fsp3) is 0.231. The summed E-state index contributed by atoms with van der Waals surface area (Å²) in [5, 5.41) is 11.2. The molecule has 0 unspecified atom stereocenters. The molecule has 2 N–H and O–H groups in total. The molecule has 24 heavy (non-hydrogen) atoms. The zero-order chi connectivity index (χ0) is 17.2. The van der Waals surface area contributed by atoms with Crippen molar-refractivity contribution in [1.29, 1.82) is 0 Å². The van der Waals surface area contributed by atoms with E-state index in [9.17, 15) is 8.42 Å². The summed E-state index contributed by atoms with van der Waals surface area (Å²) < 4.78 is 28.7. The highest BCUT2D eigenvalue weighted by Crippen LogP contribution is 2.14. The normalized spacial score (nSPS) is 11.4. The second kappa shape index (κ2) is 6.28. The van der Waals surface area contributed by atoms with Gasteiger partial charge in [0.05, 0.1) is 35.7 Å². The van der Waals surface area contributed by atoms with E-state index in [-0.39, 0.29) is 5.75 Å². The van der Waals surface area contributed by atoms with E-state index in [0.717, 1.165) is 5.69 Å². The number of aromatic nitrogens is 6. The van der Waals surface area contributed by atoms with E-state index in [4.69, 9.17) is 0 Å². The Bertz CT molecular complexity index is 946. The predicted molar refractivity (Wildman–Crippen MR) is 88.7 cm³/mol. The first kappa shape index (κ1) is 15.9. The Hall–Kier alpha value is -2.95. The molecular weight excluding hydrogens is 332 g/mol. The van der Waals surface area contributed by atoms with Crippen molar-refractivity contribution >= 4 is 27.3 Å². The van der Waals surface area contributed by atoms with E-state index >= 15 is 0 Å². The largest absolute Gasteiger partial charge is 0.321 e. The third-order valence-electron chi connectivity index (χ3n) is 3.07. The van der Waals surface area contributed by atoms with Gasteiger partial charge in [-0.05, 0) is 6.92 Å². The molecule has 11 heteroatoms. The second-order valence-corrected chi connectivity index (χ2v) is 6.96. The predicted octanol–water partition coefficient (Wildman–Crippen LogP) is 0.901. The molecule has 0 aliphatic rings. The second-order valence-electron chi connectivity index (χ2n) is 4.95. The molecule has 0 aromatic carbocycles. The summed E-state index contributed by atoms with van der Waals surface area (Å²) in [6.07, 6.45) is 7.99. The number of hydrogen-bond donors (Lipinski definition) is 2. The Morgan fingerprint density at radius 2 is 1.96 bits per heavy atom. The van der Waals surface area contributed by atoms with E-state index in [0.29, 0.717) is 17.5 Å². The van der Waals surface area contributed by atoms with Gasteiger partial charge in [-0.15, -0.1) is 0 Å². The van der Waals surface area contributed by atoms with Crippen molar-refractivity contribution in [2.75, 3.05) is 15.8 Å². The van der Waals surface area contributed by atoms with Crippen LogP contribution < -0.4 is 10.0 Å². The monoisotopic (exact) mass is 348 g/mol. The molecule has 0 aliphatic heterocycles. The highest BCUT2D eigenvalue weighted by molar-refractivity contribution is 7.92. The summed E-state index contributed by atoms with van der Waals surface area (Å²) in [5.74, 6) is 0.871. The maximum Gasteiger partial charge on any atom is 0.232 e. The van der Waals surface area contributed by atoms with Crippen LogP contribution in [0, 0.1) is 0 Å². The summed E-state index contributed by atoms with van der Waals surface area (Å²) in [5.41, 5.74) is 1.13. The quantitative estimate of drug-likeness (QED) is 0.679. The molecule has 0 saturated heterocycles. The summed E-state index contributed by atoms with van der Waals surface area (Å²) in [7, 11) is -1.54. The number of aryl methyl sites for hydroxylation is 1. The number of anilines is 3. The first-order valence-corrected chi connectivity index (χ1v) is 8.74. The van der Waals surface area contributed by atoms with Crippen molar-refractivity contribution in [3.8, 4) is 5.82 Å². The number of nitrogens with zero attached hydrogens (tertiary/aromatic N) is 6. The molecule has 3 aromatic heterocycles. The molecule has 0 aliphatic carbocycles. The van der Waals surface area contributed by atoms with Crippen LogP contribution >= 0.6 is 0 Å². The van der Waals surface area contributed by atoms with E-state index in [1.807, 2.05) is 7.05 Å². The van der Waals surface area contributed by atoms with Gasteiger partial charge in [-0.3, -0.25) is 9.40 Å². The van der Waals surface area contributed by atoms with Crippen LogP contribution in [0.2, 0.25) is 0 Å². The molecule has 3 aromatic rings. The maximum atomic E-state index is 11.6. The first-order valence-electron chi connectivity index (χ1n) is 7.09. The Kier molecular flexibility index (Phi) is 4.16. The lowest BCUT2D eigenvalue weighted by molar-refractivity contribution is 0.602. The van der Waals surface area contributed by atoms with Gasteiger partial charge in [-0.1, -0.05) is 0 Å². The SMILES string of the molecule is CCS(=O)(=O)Nc1cnn(-c2ccnc(Nc3cnn(C)c3)n2)c1. The topological polar surface area (TPSA) is 120 Å². The number of rotatable bonds is 6. The van der Waals surface area contributed by atoms with E-state index in [2.05, 4.69) is 30.2 Å². The minimum Gasteiger partial charge on any atom is -0.321 e. The van der Waals surface area contributed by atoms with E-state index in [1.165, 1.54) is 10.9 Å². The van der Waals surface area contributed by atoms with Crippen molar-refractivity contribution in [2.45, 2.75) is 6.92 Å². The van der Waals surface area contributed by atoms with Gasteiger partial charge < -0.3 is 5.32 Å². The third-order valence-corrected chi connectivity index (χ3v) is 4.38. The van der Waals surface area contributed by atoms with Gasteiger partial charge in [0.2, 0.25) is 16.0 Å². The van der Waals surface area contributed by atoms with Gasteiger partial charge in [-0.2, -0.15) is 15.2 Å². The molecule has 126 valence electrons. The zero-order valence-corrected chi connectivity index (χ0v) is 13.9. The molecular formula is C13H16N8O2S. The molecule has 0 fully saturated rings. The minimum absolute atomic E-state index is 0.00906. The first-order chi connectivity index (χ1) is 11.4. The van der Waals surface area contributed by atoms with Crippen LogP contribution in [0.25, 0.3) is 5.82 Å². The molecule has 0 amide bonds. The lowest BCUT2D eigenvalue weighted by Gasteiger charge is -2.04. The highest BCUT2D eigenvalue weighted by Gasteiger charge is 2.10. The molecule has 0 bridgehead atoms. The summed E-state index contributed by atoms with van der Waals surface area (Å²) in [6, 6.07) is 1.67.